The molecular weight excluding hydrogens is 427 g/mol. The number of nitrogens with zero attached hydrogens (tertiary/aromatic N) is 4. The SMILES string of the molecule is Cc1cc(N=S(C)(C)=O)cc2ncnc(Cc3ccc(F)cc3OC3CC(N(C)C)C3)c12. The molecule has 0 atom stereocenters. The van der Waals surface area contributed by atoms with Crippen LogP contribution in [0.3, 0.4) is 0 Å². The average molecular weight is 457 g/mol. The number of hydrogen-bond donors (Lipinski definition) is 0. The van der Waals surface area contributed by atoms with Gasteiger partial charge in [0.1, 0.15) is 24.0 Å². The van der Waals surface area contributed by atoms with Gasteiger partial charge in [-0.1, -0.05) is 6.07 Å². The van der Waals surface area contributed by atoms with Gasteiger partial charge in [-0.15, -0.1) is 0 Å². The van der Waals surface area contributed by atoms with Crippen molar-refractivity contribution in [2.45, 2.75) is 38.3 Å². The Kier molecular flexibility index (Phi) is 6.18. The van der Waals surface area contributed by atoms with Crippen molar-refractivity contribution in [3.05, 3.63) is 59.3 Å². The van der Waals surface area contributed by atoms with Crippen LogP contribution in [-0.4, -0.2) is 57.8 Å². The lowest BCUT2D eigenvalue weighted by Crippen LogP contribution is -2.46. The molecular formula is C24H29FN4O2S. The summed E-state index contributed by atoms with van der Waals surface area (Å²) in [5.74, 6) is 0.255. The standard InChI is InChI=1S/C24H29FN4O2S/c1-15-8-18(28-32(4,5)30)11-22-24(15)21(26-14-27-22)9-16-6-7-17(25)10-23(16)31-20-12-19(13-20)29(2)3/h6-8,10-11,14,19-20H,9,12-13H2,1-5H3. The maximum absolute atomic E-state index is 14.0. The molecule has 0 bridgehead atoms. The normalized spacial score (nSPS) is 18.6. The van der Waals surface area contributed by atoms with Crippen molar-refractivity contribution in [1.29, 1.82) is 0 Å². The van der Waals surface area contributed by atoms with Crippen molar-refractivity contribution in [3.8, 4) is 5.75 Å². The van der Waals surface area contributed by atoms with Crippen LogP contribution in [0.2, 0.25) is 0 Å². The Morgan fingerprint density at radius 2 is 1.94 bits per heavy atom. The van der Waals surface area contributed by atoms with Crippen molar-refractivity contribution >= 4 is 26.3 Å². The zero-order chi connectivity index (χ0) is 23.0. The molecule has 0 aliphatic heterocycles. The minimum Gasteiger partial charge on any atom is -0.490 e. The Morgan fingerprint density at radius 1 is 1.19 bits per heavy atom. The predicted molar refractivity (Wildman–Crippen MR) is 127 cm³/mol. The van der Waals surface area contributed by atoms with E-state index in [1.807, 2.05) is 19.1 Å². The van der Waals surface area contributed by atoms with Crippen LogP contribution in [0.15, 0.2) is 41.0 Å². The van der Waals surface area contributed by atoms with Gasteiger partial charge in [0.25, 0.3) is 0 Å². The average Bonchev–Trinajstić information content (AvgIpc) is 2.64. The van der Waals surface area contributed by atoms with Crippen LogP contribution in [0.4, 0.5) is 10.1 Å². The first-order valence-electron chi connectivity index (χ1n) is 10.6. The molecule has 32 heavy (non-hydrogen) atoms. The number of halogens is 1. The van der Waals surface area contributed by atoms with Crippen LogP contribution >= 0.6 is 0 Å². The molecule has 0 N–H and O–H groups in total. The third-order valence-electron chi connectivity index (χ3n) is 5.80. The summed E-state index contributed by atoms with van der Waals surface area (Å²) in [7, 11) is 1.86. The fourth-order valence-corrected chi connectivity index (χ4v) is 4.71. The lowest BCUT2D eigenvalue weighted by molar-refractivity contribution is 0.0393. The van der Waals surface area contributed by atoms with Gasteiger partial charge in [-0.2, -0.15) is 4.36 Å². The highest BCUT2D eigenvalue weighted by molar-refractivity contribution is 7.92. The maximum Gasteiger partial charge on any atom is 0.126 e. The summed E-state index contributed by atoms with van der Waals surface area (Å²) >= 11 is 0. The molecule has 170 valence electrons. The first-order valence-corrected chi connectivity index (χ1v) is 12.9. The van der Waals surface area contributed by atoms with E-state index in [0.29, 0.717) is 23.9 Å². The molecule has 1 aliphatic carbocycles. The number of rotatable bonds is 6. The minimum atomic E-state index is -2.27. The lowest BCUT2D eigenvalue weighted by atomic mass is 9.88. The Morgan fingerprint density at radius 3 is 2.62 bits per heavy atom. The highest BCUT2D eigenvalue weighted by Crippen LogP contribution is 2.33. The Bertz CT molecular complexity index is 1270. The third-order valence-corrected chi connectivity index (χ3v) is 6.46. The molecule has 0 unspecified atom stereocenters. The molecule has 1 saturated carbocycles. The maximum atomic E-state index is 14.0. The van der Waals surface area contributed by atoms with E-state index in [-0.39, 0.29) is 11.9 Å². The molecule has 0 radical (unpaired) electrons. The second-order valence-electron chi connectivity index (χ2n) is 9.01. The van der Waals surface area contributed by atoms with Gasteiger partial charge < -0.3 is 9.64 Å². The van der Waals surface area contributed by atoms with Crippen LogP contribution in [0.1, 0.15) is 29.7 Å². The largest absolute Gasteiger partial charge is 0.490 e. The Labute approximate surface area is 189 Å². The monoisotopic (exact) mass is 456 g/mol. The summed E-state index contributed by atoms with van der Waals surface area (Å²) in [4.78, 5) is 11.1. The van der Waals surface area contributed by atoms with Gasteiger partial charge in [0.05, 0.1) is 16.9 Å². The molecule has 1 heterocycles. The van der Waals surface area contributed by atoms with E-state index in [1.165, 1.54) is 18.5 Å². The molecule has 0 amide bonds. The number of hydrogen-bond acceptors (Lipinski definition) is 6. The van der Waals surface area contributed by atoms with Crippen LogP contribution in [0.25, 0.3) is 10.9 Å². The molecule has 4 rings (SSSR count). The van der Waals surface area contributed by atoms with Crippen LogP contribution < -0.4 is 4.74 Å². The Hall–Kier alpha value is -2.58. The smallest absolute Gasteiger partial charge is 0.126 e. The fourth-order valence-electron chi connectivity index (χ4n) is 4.09. The highest BCUT2D eigenvalue weighted by atomic mass is 32.2. The van der Waals surface area contributed by atoms with E-state index >= 15 is 0 Å². The molecule has 0 spiro atoms. The summed E-state index contributed by atoms with van der Waals surface area (Å²) in [6.45, 7) is 1.97. The van der Waals surface area contributed by atoms with E-state index < -0.39 is 9.73 Å². The number of ether oxygens (including phenoxy) is 1. The number of fused-ring (bicyclic) bond motifs is 1. The van der Waals surface area contributed by atoms with E-state index in [0.717, 1.165) is 40.6 Å². The van der Waals surface area contributed by atoms with Crippen molar-refractivity contribution in [3.63, 3.8) is 0 Å². The molecule has 1 aromatic heterocycles. The first-order chi connectivity index (χ1) is 15.1. The number of benzene rings is 2. The minimum absolute atomic E-state index is 0.0916. The van der Waals surface area contributed by atoms with Crippen molar-refractivity contribution in [2.75, 3.05) is 26.6 Å². The van der Waals surface area contributed by atoms with Gasteiger partial charge in [-0.25, -0.2) is 18.6 Å². The van der Waals surface area contributed by atoms with Gasteiger partial charge >= 0.3 is 0 Å². The fraction of sp³-hybridized carbons (Fsp3) is 0.417. The molecule has 1 fully saturated rings. The van der Waals surface area contributed by atoms with Gasteiger partial charge in [0.2, 0.25) is 0 Å². The lowest BCUT2D eigenvalue weighted by Gasteiger charge is -2.39. The highest BCUT2D eigenvalue weighted by Gasteiger charge is 2.32. The van der Waals surface area contributed by atoms with E-state index in [9.17, 15) is 8.60 Å². The van der Waals surface area contributed by atoms with Crippen LogP contribution in [0.5, 0.6) is 5.75 Å². The van der Waals surface area contributed by atoms with E-state index in [4.69, 9.17) is 4.74 Å². The second-order valence-corrected chi connectivity index (χ2v) is 11.6. The Balaban J connectivity index is 1.66. The zero-order valence-electron chi connectivity index (χ0n) is 19.1. The topological polar surface area (TPSA) is 67.7 Å². The molecule has 6 nitrogen and oxygen atoms in total. The van der Waals surface area contributed by atoms with Gasteiger partial charge in [-0.3, -0.25) is 0 Å². The predicted octanol–water partition coefficient (Wildman–Crippen LogP) is 4.50. The molecule has 0 saturated heterocycles. The quantitative estimate of drug-likeness (QED) is 0.546. The number of aryl methyl sites for hydroxylation is 1. The van der Waals surface area contributed by atoms with Crippen molar-refractivity contribution < 1.29 is 13.3 Å². The summed E-state index contributed by atoms with van der Waals surface area (Å²) in [5, 5.41) is 0.928. The second kappa shape index (κ2) is 8.75. The van der Waals surface area contributed by atoms with Crippen LogP contribution in [0, 0.1) is 12.7 Å². The molecule has 3 aromatic rings. The molecule has 2 aromatic carbocycles. The molecule has 1 aliphatic rings. The van der Waals surface area contributed by atoms with Gasteiger partial charge in [0, 0.05) is 51.7 Å². The first kappa shape index (κ1) is 22.6. The molecule has 8 heteroatoms. The summed E-state index contributed by atoms with van der Waals surface area (Å²) in [5.41, 5.74) is 4.07. The number of aromatic nitrogens is 2. The van der Waals surface area contributed by atoms with Crippen LogP contribution in [-0.2, 0) is 16.1 Å². The zero-order valence-corrected chi connectivity index (χ0v) is 19.9. The van der Waals surface area contributed by atoms with Crippen molar-refractivity contribution in [1.82, 2.24) is 14.9 Å². The summed E-state index contributed by atoms with van der Waals surface area (Å²) < 4.78 is 36.6. The third kappa shape index (κ3) is 5.07. The van der Waals surface area contributed by atoms with E-state index in [2.05, 4.69) is 33.3 Å². The van der Waals surface area contributed by atoms with Gasteiger partial charge in [-0.05, 0) is 57.6 Å². The van der Waals surface area contributed by atoms with E-state index in [1.54, 1.807) is 18.6 Å². The van der Waals surface area contributed by atoms with Gasteiger partial charge in [0.15, 0.2) is 0 Å². The van der Waals surface area contributed by atoms with Crippen molar-refractivity contribution in [2.24, 2.45) is 4.36 Å². The summed E-state index contributed by atoms with van der Waals surface area (Å²) in [6.07, 6.45) is 7.19. The summed E-state index contributed by atoms with van der Waals surface area (Å²) in [6, 6.07) is 8.93.